The summed E-state index contributed by atoms with van der Waals surface area (Å²) in [5.41, 5.74) is 1.50. The average Bonchev–Trinajstić information content (AvgIpc) is 2.48. The fraction of sp³-hybridized carbons (Fsp3) is 0.562. The predicted molar refractivity (Wildman–Crippen MR) is 83.4 cm³/mol. The van der Waals surface area contributed by atoms with E-state index in [2.05, 4.69) is 9.88 Å². The molecule has 1 rings (SSSR count). The number of likely N-dealkylation sites (N-methyl/N-ethyl adjacent to an activating group) is 2. The lowest BCUT2D eigenvalue weighted by molar-refractivity contribution is -0.131. The first-order chi connectivity index (χ1) is 10.1. The van der Waals surface area contributed by atoms with Gasteiger partial charge in [-0.25, -0.2) is 0 Å². The molecule has 1 amide bonds. The highest BCUT2D eigenvalue weighted by Crippen LogP contribution is 2.06. The maximum atomic E-state index is 12.1. The summed E-state index contributed by atoms with van der Waals surface area (Å²) in [5.74, 6) is 0.186. The van der Waals surface area contributed by atoms with Crippen LogP contribution in [0.1, 0.15) is 35.8 Å². The molecule has 0 aliphatic rings. The molecule has 0 atom stereocenters. The molecular weight excluding hydrogens is 266 g/mol. The van der Waals surface area contributed by atoms with Crippen LogP contribution in [0.5, 0.6) is 0 Å². The maximum absolute atomic E-state index is 12.1. The number of rotatable bonds is 9. The Balaban J connectivity index is 2.39. The lowest BCUT2D eigenvalue weighted by atomic mass is 10.1. The van der Waals surface area contributed by atoms with Crippen molar-refractivity contribution in [3.8, 4) is 0 Å². The van der Waals surface area contributed by atoms with E-state index in [4.69, 9.17) is 0 Å². The third-order valence-electron chi connectivity index (χ3n) is 3.35. The van der Waals surface area contributed by atoms with Gasteiger partial charge in [0.2, 0.25) is 5.91 Å². The van der Waals surface area contributed by atoms with Crippen molar-refractivity contribution in [1.29, 1.82) is 0 Å². The largest absolute Gasteiger partial charge is 0.342 e. The van der Waals surface area contributed by atoms with Gasteiger partial charge in [0.05, 0.1) is 0 Å². The van der Waals surface area contributed by atoms with Crippen molar-refractivity contribution < 1.29 is 9.59 Å². The molecule has 0 radical (unpaired) electrons. The van der Waals surface area contributed by atoms with E-state index in [1.54, 1.807) is 18.3 Å². The molecule has 0 spiro atoms. The number of hydrogen-bond donors (Lipinski definition) is 0. The van der Waals surface area contributed by atoms with Crippen LogP contribution >= 0.6 is 0 Å². The van der Waals surface area contributed by atoms with Crippen LogP contribution in [0.4, 0.5) is 0 Å². The number of carbonyl (C=O) groups excluding carboxylic acids is 2. The van der Waals surface area contributed by atoms with Crippen molar-refractivity contribution in [1.82, 2.24) is 14.8 Å². The second kappa shape index (κ2) is 9.23. The molecular formula is C16H25N3O2. The highest BCUT2D eigenvalue weighted by atomic mass is 16.2. The number of nitrogens with zero attached hydrogens (tertiary/aromatic N) is 3. The number of amides is 1. The second-order valence-corrected chi connectivity index (χ2v) is 5.33. The predicted octanol–water partition coefficient (Wildman–Crippen LogP) is 1.63. The smallest absolute Gasteiger partial charge is 0.222 e. The van der Waals surface area contributed by atoms with E-state index in [1.165, 1.54) is 0 Å². The molecule has 1 aromatic heterocycles. The van der Waals surface area contributed by atoms with Crippen LogP contribution in [-0.4, -0.2) is 60.7 Å². The highest BCUT2D eigenvalue weighted by Gasteiger charge is 2.11. The number of pyridine rings is 1. The van der Waals surface area contributed by atoms with Crippen molar-refractivity contribution >= 4 is 12.2 Å². The first-order valence-electron chi connectivity index (χ1n) is 7.39. The van der Waals surface area contributed by atoms with Gasteiger partial charge in [-0.15, -0.1) is 0 Å². The molecule has 1 heterocycles. The lowest BCUT2D eigenvalue weighted by Crippen LogP contribution is -2.36. The summed E-state index contributed by atoms with van der Waals surface area (Å²) in [6.07, 6.45) is 4.45. The molecule has 0 saturated carbocycles. The molecule has 0 aromatic carbocycles. The molecule has 5 heteroatoms. The summed E-state index contributed by atoms with van der Waals surface area (Å²) < 4.78 is 0. The zero-order valence-electron chi connectivity index (χ0n) is 13.2. The summed E-state index contributed by atoms with van der Waals surface area (Å²) in [6, 6.07) is 3.46. The molecule has 0 fully saturated rings. The standard InChI is InChI=1S/C16H25N3O2/c1-4-19(11-10-18(2)3)16(21)7-5-6-15-12-14(13-20)8-9-17-15/h8-9,12-13H,4-7,10-11H2,1-3H3. The fourth-order valence-corrected chi connectivity index (χ4v) is 2.07. The van der Waals surface area contributed by atoms with Crippen molar-refractivity contribution in [2.45, 2.75) is 26.2 Å². The van der Waals surface area contributed by atoms with E-state index in [1.807, 2.05) is 25.9 Å². The third kappa shape index (κ3) is 6.49. The number of aromatic nitrogens is 1. The molecule has 0 aliphatic carbocycles. The molecule has 0 N–H and O–H groups in total. The van der Waals surface area contributed by atoms with Crippen LogP contribution in [0.2, 0.25) is 0 Å². The normalized spacial score (nSPS) is 10.7. The van der Waals surface area contributed by atoms with E-state index >= 15 is 0 Å². The van der Waals surface area contributed by atoms with Gasteiger partial charge >= 0.3 is 0 Å². The summed E-state index contributed by atoms with van der Waals surface area (Å²) >= 11 is 0. The van der Waals surface area contributed by atoms with Crippen LogP contribution in [0.25, 0.3) is 0 Å². The van der Waals surface area contributed by atoms with Crippen LogP contribution in [-0.2, 0) is 11.2 Å². The Kier molecular flexibility index (Phi) is 7.61. The van der Waals surface area contributed by atoms with Crippen molar-refractivity contribution in [2.75, 3.05) is 33.7 Å². The van der Waals surface area contributed by atoms with Gasteiger partial charge in [-0.2, -0.15) is 0 Å². The molecule has 116 valence electrons. The van der Waals surface area contributed by atoms with Crippen molar-refractivity contribution in [3.63, 3.8) is 0 Å². The maximum Gasteiger partial charge on any atom is 0.222 e. The minimum atomic E-state index is 0.186. The monoisotopic (exact) mass is 291 g/mol. The average molecular weight is 291 g/mol. The van der Waals surface area contributed by atoms with Crippen molar-refractivity contribution in [2.24, 2.45) is 0 Å². The molecule has 21 heavy (non-hydrogen) atoms. The van der Waals surface area contributed by atoms with Gasteiger partial charge in [-0.05, 0) is 46.0 Å². The van der Waals surface area contributed by atoms with Crippen LogP contribution < -0.4 is 0 Å². The van der Waals surface area contributed by atoms with Gasteiger partial charge in [0.15, 0.2) is 0 Å². The van der Waals surface area contributed by atoms with Gasteiger partial charge in [0, 0.05) is 43.5 Å². The van der Waals surface area contributed by atoms with Gasteiger partial charge in [0.1, 0.15) is 6.29 Å². The van der Waals surface area contributed by atoms with E-state index in [-0.39, 0.29) is 5.91 Å². The van der Waals surface area contributed by atoms with Crippen LogP contribution in [0.15, 0.2) is 18.3 Å². The molecule has 1 aromatic rings. The summed E-state index contributed by atoms with van der Waals surface area (Å²) in [6.45, 7) is 4.39. The van der Waals surface area contributed by atoms with Gasteiger partial charge in [-0.3, -0.25) is 14.6 Å². The molecule has 0 aliphatic heterocycles. The van der Waals surface area contributed by atoms with E-state index in [9.17, 15) is 9.59 Å². The topological polar surface area (TPSA) is 53.5 Å². The van der Waals surface area contributed by atoms with Gasteiger partial charge in [-0.1, -0.05) is 0 Å². The van der Waals surface area contributed by atoms with E-state index in [0.717, 1.165) is 44.5 Å². The SMILES string of the molecule is CCN(CCN(C)C)C(=O)CCCc1cc(C=O)ccn1. The Labute approximate surface area is 127 Å². The minimum Gasteiger partial charge on any atom is -0.342 e. The Bertz CT molecular complexity index is 461. The zero-order valence-corrected chi connectivity index (χ0v) is 13.2. The quantitative estimate of drug-likeness (QED) is 0.649. The number of carbonyl (C=O) groups is 2. The van der Waals surface area contributed by atoms with Crippen LogP contribution in [0, 0.1) is 0 Å². The molecule has 0 unspecified atom stereocenters. The summed E-state index contributed by atoms with van der Waals surface area (Å²) in [4.78, 5) is 31.0. The molecule has 0 saturated heterocycles. The molecule has 0 bridgehead atoms. The Morgan fingerprint density at radius 3 is 2.71 bits per heavy atom. The van der Waals surface area contributed by atoms with Crippen molar-refractivity contribution in [3.05, 3.63) is 29.6 Å². The number of aldehydes is 1. The molecule has 5 nitrogen and oxygen atoms in total. The first kappa shape index (κ1) is 17.3. The van der Waals surface area contributed by atoms with Crippen LogP contribution in [0.3, 0.4) is 0 Å². The Morgan fingerprint density at radius 1 is 1.33 bits per heavy atom. The second-order valence-electron chi connectivity index (χ2n) is 5.33. The zero-order chi connectivity index (χ0) is 15.7. The van der Waals surface area contributed by atoms with Gasteiger partial charge in [0.25, 0.3) is 0 Å². The minimum absolute atomic E-state index is 0.186. The fourth-order valence-electron chi connectivity index (χ4n) is 2.07. The Morgan fingerprint density at radius 2 is 2.10 bits per heavy atom. The lowest BCUT2D eigenvalue weighted by Gasteiger charge is -2.22. The third-order valence-corrected chi connectivity index (χ3v) is 3.35. The highest BCUT2D eigenvalue weighted by molar-refractivity contribution is 5.76. The van der Waals surface area contributed by atoms with E-state index < -0.39 is 0 Å². The summed E-state index contributed by atoms with van der Waals surface area (Å²) in [7, 11) is 4.01. The summed E-state index contributed by atoms with van der Waals surface area (Å²) in [5, 5.41) is 0. The van der Waals surface area contributed by atoms with Gasteiger partial charge < -0.3 is 9.80 Å². The van der Waals surface area contributed by atoms with E-state index in [0.29, 0.717) is 12.0 Å². The Hall–Kier alpha value is -1.75. The number of hydrogen-bond acceptors (Lipinski definition) is 4. The number of aryl methyl sites for hydroxylation is 1. The first-order valence-corrected chi connectivity index (χ1v) is 7.39.